The molecule has 1 unspecified atom stereocenters. The average Bonchev–Trinajstić information content (AvgIpc) is 2.25. The summed E-state index contributed by atoms with van der Waals surface area (Å²) in [6.07, 6.45) is -0.774. The molecule has 3 N–H and O–H groups in total. The molecule has 1 aromatic carbocycles. The van der Waals surface area contributed by atoms with Gasteiger partial charge >= 0.3 is 0 Å². The number of primary amides is 1. The van der Waals surface area contributed by atoms with Gasteiger partial charge in [0.25, 0.3) is 5.91 Å². The Morgan fingerprint density at radius 2 is 2.24 bits per heavy atom. The van der Waals surface area contributed by atoms with Crippen molar-refractivity contribution in [1.29, 1.82) is 0 Å². The van der Waals surface area contributed by atoms with Crippen molar-refractivity contribution in [3.63, 3.8) is 0 Å². The van der Waals surface area contributed by atoms with Crippen LogP contribution in [-0.4, -0.2) is 18.6 Å². The highest BCUT2D eigenvalue weighted by Crippen LogP contribution is 2.17. The number of carbonyl (C=O) groups is 1. The van der Waals surface area contributed by atoms with Crippen LogP contribution in [0.15, 0.2) is 18.2 Å². The number of benzene rings is 1. The van der Waals surface area contributed by atoms with E-state index in [1.165, 1.54) is 19.1 Å². The number of carbonyl (C=O) groups excluding carboxylic acids is 1. The van der Waals surface area contributed by atoms with Gasteiger partial charge in [0.1, 0.15) is 11.6 Å². The summed E-state index contributed by atoms with van der Waals surface area (Å²) in [4.78, 5) is 10.8. The third kappa shape index (κ3) is 4.40. The fourth-order valence-corrected chi connectivity index (χ4v) is 1.32. The van der Waals surface area contributed by atoms with Crippen molar-refractivity contribution in [2.75, 3.05) is 6.54 Å². The molecule has 1 rings (SSSR count). The summed E-state index contributed by atoms with van der Waals surface area (Å²) >= 11 is 0. The van der Waals surface area contributed by atoms with Gasteiger partial charge in [0, 0.05) is 12.6 Å². The topological polar surface area (TPSA) is 64.3 Å². The molecule has 0 heterocycles. The maximum Gasteiger partial charge on any atom is 0.258 e. The van der Waals surface area contributed by atoms with Crippen LogP contribution >= 0.6 is 0 Å². The molecule has 94 valence electrons. The fourth-order valence-electron chi connectivity index (χ4n) is 1.32. The normalized spacial score (nSPS) is 12.2. The van der Waals surface area contributed by atoms with Gasteiger partial charge in [0.15, 0.2) is 6.10 Å². The van der Waals surface area contributed by atoms with Crippen molar-refractivity contribution < 1.29 is 13.9 Å². The van der Waals surface area contributed by atoms with Crippen LogP contribution in [0.1, 0.15) is 19.4 Å². The van der Waals surface area contributed by atoms with Gasteiger partial charge in [0.2, 0.25) is 0 Å². The molecule has 1 amide bonds. The zero-order chi connectivity index (χ0) is 12.8. The van der Waals surface area contributed by atoms with Gasteiger partial charge < -0.3 is 15.8 Å². The van der Waals surface area contributed by atoms with Gasteiger partial charge in [-0.15, -0.1) is 0 Å². The molecule has 1 atom stereocenters. The summed E-state index contributed by atoms with van der Waals surface area (Å²) in [7, 11) is 0. The summed E-state index contributed by atoms with van der Waals surface area (Å²) in [6, 6.07) is 4.34. The number of hydrogen-bond donors (Lipinski definition) is 2. The highest BCUT2D eigenvalue weighted by Gasteiger charge is 2.11. The Hall–Kier alpha value is -1.62. The molecule has 0 spiro atoms. The third-order valence-corrected chi connectivity index (χ3v) is 2.22. The van der Waals surface area contributed by atoms with Gasteiger partial charge in [-0.3, -0.25) is 4.79 Å². The van der Waals surface area contributed by atoms with Gasteiger partial charge in [-0.25, -0.2) is 4.39 Å². The Balaban J connectivity index is 2.78. The monoisotopic (exact) mass is 240 g/mol. The third-order valence-electron chi connectivity index (χ3n) is 2.22. The quantitative estimate of drug-likeness (QED) is 0.785. The number of ether oxygens (including phenoxy) is 1. The van der Waals surface area contributed by atoms with Crippen LogP contribution in [0.4, 0.5) is 4.39 Å². The number of rotatable bonds is 6. The van der Waals surface area contributed by atoms with Gasteiger partial charge in [-0.1, -0.05) is 6.92 Å². The molecular weight excluding hydrogens is 223 g/mol. The number of amides is 1. The number of nitrogens with two attached hydrogens (primary N) is 1. The molecule has 0 aliphatic carbocycles. The minimum Gasteiger partial charge on any atom is -0.481 e. The molecule has 0 fully saturated rings. The molecule has 0 aliphatic heterocycles. The highest BCUT2D eigenvalue weighted by atomic mass is 19.1. The van der Waals surface area contributed by atoms with Gasteiger partial charge in [0.05, 0.1) is 0 Å². The lowest BCUT2D eigenvalue weighted by molar-refractivity contribution is -0.123. The van der Waals surface area contributed by atoms with Crippen molar-refractivity contribution in [2.24, 2.45) is 5.73 Å². The molecule has 0 saturated heterocycles. The molecule has 0 radical (unpaired) electrons. The van der Waals surface area contributed by atoms with Crippen LogP contribution in [-0.2, 0) is 11.3 Å². The predicted octanol–water partition coefficient (Wildman–Crippen LogP) is 1.19. The molecule has 0 saturated carbocycles. The predicted molar refractivity (Wildman–Crippen MR) is 63.1 cm³/mol. The molecule has 5 heteroatoms. The Kier molecular flexibility index (Phi) is 4.90. The first-order valence-corrected chi connectivity index (χ1v) is 5.49. The molecule has 0 bridgehead atoms. The largest absolute Gasteiger partial charge is 0.481 e. The van der Waals surface area contributed by atoms with Crippen molar-refractivity contribution in [3.05, 3.63) is 29.6 Å². The van der Waals surface area contributed by atoms with E-state index in [1.54, 1.807) is 6.07 Å². The number of halogens is 1. The van der Waals surface area contributed by atoms with E-state index < -0.39 is 17.8 Å². The van der Waals surface area contributed by atoms with E-state index >= 15 is 0 Å². The second kappa shape index (κ2) is 6.20. The standard InChI is InChI=1S/C12H17FN2O2/c1-3-15-7-9-4-10(13)6-11(5-9)17-8(2)12(14)16/h4-6,8,15H,3,7H2,1-2H3,(H2,14,16). The van der Waals surface area contributed by atoms with Crippen LogP contribution in [0.2, 0.25) is 0 Å². The summed E-state index contributed by atoms with van der Waals surface area (Å²) in [5.74, 6) is -0.668. The molecule has 4 nitrogen and oxygen atoms in total. The summed E-state index contributed by atoms with van der Waals surface area (Å²) in [5, 5.41) is 3.08. The lowest BCUT2D eigenvalue weighted by Gasteiger charge is -2.12. The van der Waals surface area contributed by atoms with Gasteiger partial charge in [-0.05, 0) is 31.2 Å². The maximum atomic E-state index is 13.3. The van der Waals surface area contributed by atoms with Crippen molar-refractivity contribution in [3.8, 4) is 5.75 Å². The SMILES string of the molecule is CCNCc1cc(F)cc(OC(C)C(N)=O)c1. The van der Waals surface area contributed by atoms with E-state index in [2.05, 4.69) is 5.32 Å². The molecule has 1 aromatic rings. The molecule has 0 aliphatic rings. The summed E-state index contributed by atoms with van der Waals surface area (Å²) in [6.45, 7) is 4.84. The fraction of sp³-hybridized carbons (Fsp3) is 0.417. The smallest absolute Gasteiger partial charge is 0.258 e. The highest BCUT2D eigenvalue weighted by molar-refractivity contribution is 5.78. The van der Waals surface area contributed by atoms with Gasteiger partial charge in [-0.2, -0.15) is 0 Å². The van der Waals surface area contributed by atoms with Crippen molar-refractivity contribution in [2.45, 2.75) is 26.5 Å². The van der Waals surface area contributed by atoms with Crippen molar-refractivity contribution in [1.82, 2.24) is 5.32 Å². The molecule has 17 heavy (non-hydrogen) atoms. The second-order valence-corrected chi connectivity index (χ2v) is 3.74. The van der Waals surface area contributed by atoms with Crippen LogP contribution < -0.4 is 15.8 Å². The number of hydrogen-bond acceptors (Lipinski definition) is 3. The Morgan fingerprint density at radius 3 is 2.82 bits per heavy atom. The first kappa shape index (κ1) is 13.4. The minimum atomic E-state index is -0.774. The Labute approximate surface area is 100.0 Å². The van der Waals surface area contributed by atoms with E-state index in [-0.39, 0.29) is 0 Å². The lowest BCUT2D eigenvalue weighted by Crippen LogP contribution is -2.30. The van der Waals surface area contributed by atoms with E-state index in [1.807, 2.05) is 6.92 Å². The van der Waals surface area contributed by atoms with E-state index in [4.69, 9.17) is 10.5 Å². The summed E-state index contributed by atoms with van der Waals surface area (Å²) < 4.78 is 18.5. The average molecular weight is 240 g/mol. The van der Waals surface area contributed by atoms with E-state index in [9.17, 15) is 9.18 Å². The Bertz CT molecular complexity index is 396. The first-order valence-electron chi connectivity index (χ1n) is 5.49. The maximum absolute atomic E-state index is 13.3. The number of nitrogens with one attached hydrogen (secondary N) is 1. The zero-order valence-electron chi connectivity index (χ0n) is 10.00. The van der Waals surface area contributed by atoms with Crippen LogP contribution in [0.3, 0.4) is 0 Å². The van der Waals surface area contributed by atoms with Crippen LogP contribution in [0.5, 0.6) is 5.75 Å². The van der Waals surface area contributed by atoms with Crippen molar-refractivity contribution >= 4 is 5.91 Å². The van der Waals surface area contributed by atoms with Crippen LogP contribution in [0, 0.1) is 5.82 Å². The lowest BCUT2D eigenvalue weighted by atomic mass is 10.2. The second-order valence-electron chi connectivity index (χ2n) is 3.74. The molecule has 0 aromatic heterocycles. The van der Waals surface area contributed by atoms with E-state index in [0.717, 1.165) is 12.1 Å². The summed E-state index contributed by atoms with van der Waals surface area (Å²) in [5.41, 5.74) is 5.83. The Morgan fingerprint density at radius 1 is 1.53 bits per heavy atom. The first-order chi connectivity index (χ1) is 8.02. The van der Waals surface area contributed by atoms with Crippen LogP contribution in [0.25, 0.3) is 0 Å². The zero-order valence-corrected chi connectivity index (χ0v) is 10.00. The molecular formula is C12H17FN2O2. The van der Waals surface area contributed by atoms with E-state index in [0.29, 0.717) is 12.3 Å². The minimum absolute atomic E-state index is 0.309.